The minimum Gasteiger partial charge on any atom is -0.476 e. The van der Waals surface area contributed by atoms with E-state index in [1.165, 1.54) is 6.07 Å². The van der Waals surface area contributed by atoms with E-state index in [1.807, 2.05) is 24.6 Å². The maximum atomic E-state index is 10.9. The number of hydrogen-bond donors (Lipinski definition) is 2. The molecule has 2 aromatic rings. The number of carbonyl (C=O) groups is 1. The molecular formula is C14H17ClN4O2. The van der Waals surface area contributed by atoms with Gasteiger partial charge in [-0.15, -0.1) is 0 Å². The normalized spacial score (nSPS) is 10.6. The van der Waals surface area contributed by atoms with Crippen molar-refractivity contribution in [3.05, 3.63) is 40.3 Å². The predicted octanol–water partition coefficient (Wildman–Crippen LogP) is 2.75. The molecule has 0 aromatic carbocycles. The summed E-state index contributed by atoms with van der Waals surface area (Å²) in [6.07, 6.45) is 0.856. The molecule has 6 nitrogen and oxygen atoms in total. The molecule has 2 aromatic heterocycles. The van der Waals surface area contributed by atoms with Crippen molar-refractivity contribution in [2.24, 2.45) is 0 Å². The summed E-state index contributed by atoms with van der Waals surface area (Å²) in [4.78, 5) is 14.9. The van der Waals surface area contributed by atoms with Gasteiger partial charge in [-0.25, -0.2) is 9.78 Å². The highest BCUT2D eigenvalue weighted by Crippen LogP contribution is 2.16. The van der Waals surface area contributed by atoms with E-state index < -0.39 is 5.97 Å². The molecule has 0 aliphatic heterocycles. The lowest BCUT2D eigenvalue weighted by Crippen LogP contribution is -2.11. The van der Waals surface area contributed by atoms with E-state index in [1.54, 1.807) is 6.07 Å². The fourth-order valence-electron chi connectivity index (χ4n) is 2.04. The smallest absolute Gasteiger partial charge is 0.356 e. The minimum absolute atomic E-state index is 0.135. The maximum absolute atomic E-state index is 10.9. The molecule has 0 unspecified atom stereocenters. The number of anilines is 1. The molecular weight excluding hydrogens is 292 g/mol. The molecule has 0 amide bonds. The lowest BCUT2D eigenvalue weighted by molar-refractivity contribution is 0.0691. The Bertz CT molecular complexity index is 654. The Morgan fingerprint density at radius 1 is 1.43 bits per heavy atom. The molecule has 0 saturated carbocycles. The Morgan fingerprint density at radius 2 is 2.19 bits per heavy atom. The quantitative estimate of drug-likeness (QED) is 0.802. The summed E-state index contributed by atoms with van der Waals surface area (Å²) in [6.45, 7) is 5.46. The van der Waals surface area contributed by atoms with E-state index in [2.05, 4.69) is 15.4 Å². The lowest BCUT2D eigenvalue weighted by Gasteiger charge is -2.08. The van der Waals surface area contributed by atoms with Gasteiger partial charge in [0.2, 0.25) is 0 Å². The van der Waals surface area contributed by atoms with E-state index in [4.69, 9.17) is 16.7 Å². The van der Waals surface area contributed by atoms with Crippen LogP contribution in [0.1, 0.15) is 28.3 Å². The Hall–Kier alpha value is -2.08. The third-order valence-electron chi connectivity index (χ3n) is 3.00. The molecule has 2 N–H and O–H groups in total. The summed E-state index contributed by atoms with van der Waals surface area (Å²) < 4.78 is 1.95. The van der Waals surface area contributed by atoms with Gasteiger partial charge in [0, 0.05) is 18.8 Å². The first-order valence-electron chi connectivity index (χ1n) is 6.62. The van der Waals surface area contributed by atoms with Gasteiger partial charge in [0.15, 0.2) is 5.69 Å². The number of rotatable bonds is 6. The van der Waals surface area contributed by atoms with E-state index >= 15 is 0 Å². The van der Waals surface area contributed by atoms with Crippen LogP contribution in [0.25, 0.3) is 0 Å². The van der Waals surface area contributed by atoms with Gasteiger partial charge in [0.1, 0.15) is 5.82 Å². The number of nitrogens with zero attached hydrogens (tertiary/aromatic N) is 3. The first kappa shape index (κ1) is 15.3. The molecule has 0 fully saturated rings. The standard InChI is InChI=1S/C14H17ClN4O2/c1-9-8-10(2)19(18-9)7-3-6-16-12-5-4-11(15)13(17-12)14(20)21/h4-5,8H,3,6-7H2,1-2H3,(H,16,17)(H,20,21). The summed E-state index contributed by atoms with van der Waals surface area (Å²) in [5.41, 5.74) is 2.00. The number of nitrogens with one attached hydrogen (secondary N) is 1. The Morgan fingerprint density at radius 3 is 2.81 bits per heavy atom. The van der Waals surface area contributed by atoms with Crippen LogP contribution in [0.15, 0.2) is 18.2 Å². The molecule has 2 heterocycles. The number of carboxylic acids is 1. The van der Waals surface area contributed by atoms with Crippen LogP contribution in [-0.4, -0.2) is 32.4 Å². The van der Waals surface area contributed by atoms with E-state index in [9.17, 15) is 4.79 Å². The Kier molecular flexibility index (Phi) is 4.80. The molecule has 0 saturated heterocycles. The molecule has 21 heavy (non-hydrogen) atoms. The first-order valence-corrected chi connectivity index (χ1v) is 7.00. The second-order valence-corrected chi connectivity index (χ2v) is 5.17. The van der Waals surface area contributed by atoms with Crippen LogP contribution in [0.3, 0.4) is 0 Å². The topological polar surface area (TPSA) is 80.0 Å². The second kappa shape index (κ2) is 6.58. The monoisotopic (exact) mass is 308 g/mol. The third-order valence-corrected chi connectivity index (χ3v) is 3.31. The van der Waals surface area contributed by atoms with Gasteiger partial charge in [-0.1, -0.05) is 11.6 Å². The first-order chi connectivity index (χ1) is 9.97. The third kappa shape index (κ3) is 3.95. The molecule has 0 radical (unpaired) electrons. The van der Waals surface area contributed by atoms with Crippen LogP contribution in [0, 0.1) is 13.8 Å². The zero-order valence-corrected chi connectivity index (χ0v) is 12.7. The van der Waals surface area contributed by atoms with Gasteiger partial charge >= 0.3 is 5.97 Å². The van der Waals surface area contributed by atoms with Crippen LogP contribution in [0.4, 0.5) is 5.82 Å². The molecule has 112 valence electrons. The molecule has 2 rings (SSSR count). The number of aromatic carboxylic acids is 1. The maximum Gasteiger partial charge on any atom is 0.356 e. The molecule has 0 aliphatic rings. The summed E-state index contributed by atoms with van der Waals surface area (Å²) in [6, 6.07) is 5.23. The zero-order chi connectivity index (χ0) is 15.4. The van der Waals surface area contributed by atoms with Gasteiger partial charge in [0.25, 0.3) is 0 Å². The molecule has 0 spiro atoms. The van der Waals surface area contributed by atoms with Gasteiger partial charge in [0.05, 0.1) is 10.7 Å². The van der Waals surface area contributed by atoms with E-state index in [0.717, 1.165) is 24.4 Å². The van der Waals surface area contributed by atoms with Crippen LogP contribution < -0.4 is 5.32 Å². The fourth-order valence-corrected chi connectivity index (χ4v) is 2.22. The van der Waals surface area contributed by atoms with Gasteiger partial charge in [-0.3, -0.25) is 4.68 Å². The van der Waals surface area contributed by atoms with Crippen molar-refractivity contribution >= 4 is 23.4 Å². The highest BCUT2D eigenvalue weighted by atomic mass is 35.5. The fraction of sp³-hybridized carbons (Fsp3) is 0.357. The van der Waals surface area contributed by atoms with Gasteiger partial charge in [-0.2, -0.15) is 5.10 Å². The summed E-state index contributed by atoms with van der Waals surface area (Å²) >= 11 is 5.77. The number of carboxylic acid groups (broad SMARTS) is 1. The zero-order valence-electron chi connectivity index (χ0n) is 11.9. The molecule has 7 heteroatoms. The number of aryl methyl sites for hydroxylation is 3. The highest BCUT2D eigenvalue weighted by molar-refractivity contribution is 6.33. The molecule has 0 bridgehead atoms. The van der Waals surface area contributed by atoms with Crippen molar-refractivity contribution in [1.29, 1.82) is 0 Å². The van der Waals surface area contributed by atoms with Crippen LogP contribution in [0.2, 0.25) is 5.02 Å². The average molecular weight is 309 g/mol. The SMILES string of the molecule is Cc1cc(C)n(CCCNc2ccc(Cl)c(C(=O)O)n2)n1. The average Bonchev–Trinajstić information content (AvgIpc) is 2.74. The predicted molar refractivity (Wildman–Crippen MR) is 81.0 cm³/mol. The summed E-state index contributed by atoms with van der Waals surface area (Å²) in [5, 5.41) is 16.6. The second-order valence-electron chi connectivity index (χ2n) is 4.76. The Balaban J connectivity index is 1.88. The number of hydrogen-bond acceptors (Lipinski definition) is 4. The van der Waals surface area contributed by atoms with Crippen LogP contribution >= 0.6 is 11.6 Å². The highest BCUT2D eigenvalue weighted by Gasteiger charge is 2.11. The van der Waals surface area contributed by atoms with Crippen LogP contribution in [0.5, 0.6) is 0 Å². The number of halogens is 1. The number of pyridine rings is 1. The van der Waals surface area contributed by atoms with Crippen molar-refractivity contribution in [2.45, 2.75) is 26.8 Å². The van der Waals surface area contributed by atoms with Gasteiger partial charge < -0.3 is 10.4 Å². The van der Waals surface area contributed by atoms with Crippen molar-refractivity contribution in [1.82, 2.24) is 14.8 Å². The van der Waals surface area contributed by atoms with Crippen molar-refractivity contribution in [3.8, 4) is 0 Å². The molecule has 0 atom stereocenters. The van der Waals surface area contributed by atoms with Crippen LogP contribution in [-0.2, 0) is 6.54 Å². The summed E-state index contributed by atoms with van der Waals surface area (Å²) in [7, 11) is 0. The van der Waals surface area contributed by atoms with Crippen molar-refractivity contribution in [2.75, 3.05) is 11.9 Å². The van der Waals surface area contributed by atoms with E-state index in [-0.39, 0.29) is 10.7 Å². The molecule has 0 aliphatic carbocycles. The van der Waals surface area contributed by atoms with Crippen molar-refractivity contribution < 1.29 is 9.90 Å². The largest absolute Gasteiger partial charge is 0.476 e. The Labute approximate surface area is 127 Å². The van der Waals surface area contributed by atoms with E-state index in [0.29, 0.717) is 12.4 Å². The van der Waals surface area contributed by atoms with Crippen molar-refractivity contribution in [3.63, 3.8) is 0 Å². The minimum atomic E-state index is -1.13. The van der Waals surface area contributed by atoms with Gasteiger partial charge in [-0.05, 0) is 38.5 Å². The lowest BCUT2D eigenvalue weighted by atomic mass is 10.3. The summed E-state index contributed by atoms with van der Waals surface area (Å²) in [5.74, 6) is -0.628. The number of aromatic nitrogens is 3.